The molecule has 1 aromatic carbocycles. The van der Waals surface area contributed by atoms with Crippen molar-refractivity contribution in [3.05, 3.63) is 29.1 Å². The zero-order valence-corrected chi connectivity index (χ0v) is 11.6. The molecule has 0 aromatic heterocycles. The molecule has 2 unspecified atom stereocenters. The lowest BCUT2D eigenvalue weighted by atomic mass is 9.92. The number of anilines is 1. The smallest absolute Gasteiger partial charge is 0.224 e. The van der Waals surface area contributed by atoms with Crippen LogP contribution in [0.5, 0.6) is 0 Å². The van der Waals surface area contributed by atoms with Crippen molar-refractivity contribution in [2.75, 3.05) is 5.32 Å². The lowest BCUT2D eigenvalue weighted by molar-refractivity contribution is -0.116. The van der Waals surface area contributed by atoms with Gasteiger partial charge in [0.2, 0.25) is 5.91 Å². The summed E-state index contributed by atoms with van der Waals surface area (Å²) in [6.45, 7) is 2.09. The van der Waals surface area contributed by atoms with Crippen LogP contribution in [0.4, 0.5) is 10.1 Å². The molecular formula is C15H17ClFNO. The van der Waals surface area contributed by atoms with Crippen LogP contribution >= 0.6 is 11.6 Å². The van der Waals surface area contributed by atoms with Crippen LogP contribution in [-0.2, 0) is 11.2 Å². The Labute approximate surface area is 117 Å². The highest BCUT2D eigenvalue weighted by Crippen LogP contribution is 2.46. The van der Waals surface area contributed by atoms with Crippen LogP contribution in [0.3, 0.4) is 0 Å². The van der Waals surface area contributed by atoms with E-state index in [0.29, 0.717) is 35.9 Å². The summed E-state index contributed by atoms with van der Waals surface area (Å²) in [4.78, 5) is 11.3. The maximum absolute atomic E-state index is 14.2. The van der Waals surface area contributed by atoms with Gasteiger partial charge in [0.1, 0.15) is 5.82 Å². The molecule has 2 atom stereocenters. The fourth-order valence-corrected chi connectivity index (χ4v) is 3.15. The van der Waals surface area contributed by atoms with Crippen molar-refractivity contribution in [3.8, 4) is 0 Å². The largest absolute Gasteiger partial charge is 0.326 e. The quantitative estimate of drug-likeness (QED) is 0.833. The van der Waals surface area contributed by atoms with E-state index in [1.54, 1.807) is 0 Å². The van der Waals surface area contributed by atoms with Gasteiger partial charge in [-0.05, 0) is 48.8 Å². The van der Waals surface area contributed by atoms with Crippen molar-refractivity contribution < 1.29 is 9.18 Å². The van der Waals surface area contributed by atoms with Gasteiger partial charge in [0.15, 0.2) is 0 Å². The summed E-state index contributed by atoms with van der Waals surface area (Å²) >= 11 is 6.44. The van der Waals surface area contributed by atoms with Gasteiger partial charge in [0, 0.05) is 17.7 Å². The molecular weight excluding hydrogens is 265 g/mol. The third-order valence-electron chi connectivity index (χ3n) is 4.24. The molecule has 0 spiro atoms. The second-order valence-corrected chi connectivity index (χ2v) is 6.15. The number of benzene rings is 1. The molecule has 1 saturated carbocycles. The van der Waals surface area contributed by atoms with Gasteiger partial charge in [-0.3, -0.25) is 4.79 Å². The van der Waals surface area contributed by atoms with Gasteiger partial charge in [-0.1, -0.05) is 6.92 Å². The Balaban J connectivity index is 1.91. The van der Waals surface area contributed by atoms with Crippen LogP contribution in [0.25, 0.3) is 0 Å². The number of aryl methyl sites for hydroxylation is 1. The van der Waals surface area contributed by atoms with Gasteiger partial charge >= 0.3 is 0 Å². The van der Waals surface area contributed by atoms with E-state index in [9.17, 15) is 9.18 Å². The van der Waals surface area contributed by atoms with Crippen molar-refractivity contribution >= 4 is 23.2 Å². The second kappa shape index (κ2) is 4.78. The molecule has 0 bridgehead atoms. The summed E-state index contributed by atoms with van der Waals surface area (Å²) in [5.41, 5.74) is 2.17. The number of halogens is 2. The molecule has 1 fully saturated rings. The number of nitrogens with one attached hydrogen (secondary N) is 1. The molecule has 102 valence electrons. The van der Waals surface area contributed by atoms with Gasteiger partial charge < -0.3 is 5.32 Å². The summed E-state index contributed by atoms with van der Waals surface area (Å²) in [6.07, 6.45) is 3.53. The van der Waals surface area contributed by atoms with Gasteiger partial charge in [0.05, 0.1) is 5.38 Å². The number of alkyl halides is 1. The van der Waals surface area contributed by atoms with Crippen molar-refractivity contribution in [2.24, 2.45) is 11.8 Å². The molecule has 19 heavy (non-hydrogen) atoms. The van der Waals surface area contributed by atoms with Crippen LogP contribution in [-0.4, -0.2) is 5.91 Å². The molecule has 1 aliphatic carbocycles. The molecule has 0 radical (unpaired) electrons. The van der Waals surface area contributed by atoms with Crippen LogP contribution in [0.1, 0.15) is 42.7 Å². The molecule has 3 rings (SSSR count). The Bertz CT molecular complexity index is 527. The van der Waals surface area contributed by atoms with Crippen LogP contribution in [0, 0.1) is 17.7 Å². The topological polar surface area (TPSA) is 29.1 Å². The summed E-state index contributed by atoms with van der Waals surface area (Å²) in [7, 11) is 0. The first-order valence-corrected chi connectivity index (χ1v) is 7.26. The summed E-state index contributed by atoms with van der Waals surface area (Å²) in [6, 6.07) is 3.25. The number of rotatable bonds is 3. The highest BCUT2D eigenvalue weighted by atomic mass is 35.5. The Morgan fingerprint density at radius 3 is 2.79 bits per heavy atom. The predicted molar refractivity (Wildman–Crippen MR) is 73.8 cm³/mol. The highest BCUT2D eigenvalue weighted by Gasteiger charge is 2.34. The standard InChI is InChI=1S/C15H17ClFNO/c1-8(9-2-3-9)15(16)11-6-10-4-5-14(19)18-13(10)7-12(11)17/h6-9,15H,2-5H2,1H3,(H,18,19). The molecule has 1 aromatic rings. The molecule has 2 nitrogen and oxygen atoms in total. The first-order valence-electron chi connectivity index (χ1n) is 6.82. The van der Waals surface area contributed by atoms with Crippen molar-refractivity contribution in [1.29, 1.82) is 0 Å². The van der Waals surface area contributed by atoms with Gasteiger partial charge in [-0.15, -0.1) is 11.6 Å². The van der Waals surface area contributed by atoms with E-state index in [2.05, 4.69) is 12.2 Å². The van der Waals surface area contributed by atoms with E-state index < -0.39 is 0 Å². The number of hydrogen-bond donors (Lipinski definition) is 1. The predicted octanol–water partition coefficient (Wildman–Crippen LogP) is 4.04. The van der Waals surface area contributed by atoms with E-state index in [0.717, 1.165) is 5.56 Å². The molecule has 1 aliphatic heterocycles. The first-order chi connectivity index (χ1) is 9.06. The molecule has 1 N–H and O–H groups in total. The molecule has 1 amide bonds. The SMILES string of the molecule is CC(C1CC1)C(Cl)c1cc2c(cc1F)NC(=O)CC2. The Morgan fingerprint density at radius 1 is 1.37 bits per heavy atom. The third kappa shape index (κ3) is 2.48. The Morgan fingerprint density at radius 2 is 2.11 bits per heavy atom. The number of carbonyl (C=O) groups excluding carboxylic acids is 1. The van der Waals surface area contributed by atoms with Crippen LogP contribution in [0.15, 0.2) is 12.1 Å². The van der Waals surface area contributed by atoms with Crippen molar-refractivity contribution in [2.45, 2.75) is 38.0 Å². The van der Waals surface area contributed by atoms with Gasteiger partial charge in [-0.25, -0.2) is 4.39 Å². The minimum atomic E-state index is -0.312. The fourth-order valence-electron chi connectivity index (χ4n) is 2.78. The zero-order chi connectivity index (χ0) is 13.6. The summed E-state index contributed by atoms with van der Waals surface area (Å²) in [5, 5.41) is 2.43. The normalized spacial score (nSPS) is 21.5. The lowest BCUT2D eigenvalue weighted by Gasteiger charge is -2.22. The molecule has 4 heteroatoms. The first kappa shape index (κ1) is 12.9. The van der Waals surface area contributed by atoms with Crippen LogP contribution < -0.4 is 5.32 Å². The van der Waals surface area contributed by atoms with Crippen molar-refractivity contribution in [3.63, 3.8) is 0 Å². The Kier molecular flexibility index (Phi) is 3.25. The van der Waals surface area contributed by atoms with Crippen molar-refractivity contribution in [1.82, 2.24) is 0 Å². The monoisotopic (exact) mass is 281 g/mol. The van der Waals surface area contributed by atoms with E-state index in [4.69, 9.17) is 11.6 Å². The minimum Gasteiger partial charge on any atom is -0.326 e. The average molecular weight is 282 g/mol. The van der Waals surface area contributed by atoms with E-state index in [-0.39, 0.29) is 17.1 Å². The van der Waals surface area contributed by atoms with Gasteiger partial charge in [-0.2, -0.15) is 0 Å². The molecule has 0 saturated heterocycles. The van der Waals surface area contributed by atoms with Gasteiger partial charge in [0.25, 0.3) is 0 Å². The number of hydrogen-bond acceptors (Lipinski definition) is 1. The lowest BCUT2D eigenvalue weighted by Crippen LogP contribution is -2.20. The zero-order valence-electron chi connectivity index (χ0n) is 10.9. The molecule has 2 aliphatic rings. The van der Waals surface area contributed by atoms with E-state index >= 15 is 0 Å². The van der Waals surface area contributed by atoms with E-state index in [1.165, 1.54) is 18.9 Å². The number of fused-ring (bicyclic) bond motifs is 1. The number of amides is 1. The minimum absolute atomic E-state index is 0.0478. The fraction of sp³-hybridized carbons (Fsp3) is 0.533. The average Bonchev–Trinajstić information content (AvgIpc) is 3.20. The summed E-state index contributed by atoms with van der Waals surface area (Å²) < 4.78 is 14.2. The maximum Gasteiger partial charge on any atom is 0.224 e. The molecule has 1 heterocycles. The number of carbonyl (C=O) groups is 1. The van der Waals surface area contributed by atoms with Crippen LogP contribution in [0.2, 0.25) is 0 Å². The third-order valence-corrected chi connectivity index (χ3v) is 4.87. The maximum atomic E-state index is 14.2. The summed E-state index contributed by atoms with van der Waals surface area (Å²) in [5.74, 6) is 0.576. The highest BCUT2D eigenvalue weighted by molar-refractivity contribution is 6.21. The second-order valence-electron chi connectivity index (χ2n) is 5.68. The van der Waals surface area contributed by atoms with E-state index in [1.807, 2.05) is 6.07 Å². The Hall–Kier alpha value is -1.09.